The van der Waals surface area contributed by atoms with Crippen LogP contribution in [0.2, 0.25) is 5.02 Å². The maximum absolute atomic E-state index is 12.9. The Morgan fingerprint density at radius 2 is 1.86 bits per heavy atom. The highest BCUT2D eigenvalue weighted by Crippen LogP contribution is 2.28. The van der Waals surface area contributed by atoms with Crippen molar-refractivity contribution in [1.29, 1.82) is 0 Å². The van der Waals surface area contributed by atoms with E-state index >= 15 is 0 Å². The fourth-order valence-corrected chi connectivity index (χ4v) is 5.25. The van der Waals surface area contributed by atoms with Gasteiger partial charge >= 0.3 is 0 Å². The molecule has 6 nitrogen and oxygen atoms in total. The van der Waals surface area contributed by atoms with E-state index in [0.717, 1.165) is 24.2 Å². The van der Waals surface area contributed by atoms with Crippen LogP contribution in [0.5, 0.6) is 5.75 Å². The van der Waals surface area contributed by atoms with E-state index < -0.39 is 10.0 Å². The summed E-state index contributed by atoms with van der Waals surface area (Å²) in [5.74, 6) is 0.492. The first-order valence-electron chi connectivity index (χ1n) is 9.54. The highest BCUT2D eigenvalue weighted by molar-refractivity contribution is 7.89. The van der Waals surface area contributed by atoms with E-state index in [1.807, 2.05) is 31.2 Å². The average molecular weight is 437 g/mol. The molecule has 0 N–H and O–H groups in total. The van der Waals surface area contributed by atoms with E-state index in [-0.39, 0.29) is 21.4 Å². The third-order valence-corrected chi connectivity index (χ3v) is 7.37. The van der Waals surface area contributed by atoms with Gasteiger partial charge in [0.1, 0.15) is 17.3 Å². The number of para-hydroxylation sites is 1. The zero-order valence-electron chi connectivity index (χ0n) is 16.6. The van der Waals surface area contributed by atoms with Crippen molar-refractivity contribution in [3.63, 3.8) is 0 Å². The number of hydrogen-bond acceptors (Lipinski definition) is 4. The maximum Gasteiger partial charge on any atom is 0.253 e. The number of likely N-dealkylation sites (N-methyl/N-ethyl adjacent to an activating group) is 1. The largest absolute Gasteiger partial charge is 0.491 e. The Hall–Kier alpha value is -2.09. The van der Waals surface area contributed by atoms with Gasteiger partial charge in [0, 0.05) is 25.7 Å². The maximum atomic E-state index is 12.9. The minimum atomic E-state index is -3.70. The molecule has 1 heterocycles. The Balaban J connectivity index is 1.69. The Bertz CT molecular complexity index is 988. The Kier molecular flexibility index (Phi) is 6.82. The number of carbonyl (C=O) groups excluding carboxylic acids is 1. The molecule has 0 spiro atoms. The molecule has 1 aliphatic rings. The van der Waals surface area contributed by atoms with Crippen molar-refractivity contribution in [3.8, 4) is 5.75 Å². The lowest BCUT2D eigenvalue weighted by Gasteiger charge is -2.20. The van der Waals surface area contributed by atoms with Crippen molar-refractivity contribution in [2.45, 2.75) is 24.7 Å². The number of carbonyl (C=O) groups is 1. The molecule has 1 aliphatic heterocycles. The molecule has 8 heteroatoms. The van der Waals surface area contributed by atoms with E-state index in [1.165, 1.54) is 21.3 Å². The summed E-state index contributed by atoms with van der Waals surface area (Å²) in [4.78, 5) is 14.3. The van der Waals surface area contributed by atoms with Crippen LogP contribution >= 0.6 is 11.6 Å². The molecule has 0 atom stereocenters. The molecule has 1 amide bonds. The first kappa shape index (κ1) is 21.6. The first-order chi connectivity index (χ1) is 13.8. The molecule has 1 saturated heterocycles. The number of ether oxygens (including phenoxy) is 1. The number of nitrogens with zero attached hydrogens (tertiary/aromatic N) is 2. The highest BCUT2D eigenvalue weighted by Gasteiger charge is 2.30. The second-order valence-corrected chi connectivity index (χ2v) is 9.41. The van der Waals surface area contributed by atoms with Crippen LogP contribution in [-0.2, 0) is 10.0 Å². The van der Waals surface area contributed by atoms with Crippen molar-refractivity contribution < 1.29 is 17.9 Å². The molecule has 2 aromatic carbocycles. The lowest BCUT2D eigenvalue weighted by molar-refractivity contribution is 0.0773. The number of aryl methyl sites for hydroxylation is 1. The van der Waals surface area contributed by atoms with Gasteiger partial charge in [0.15, 0.2) is 0 Å². The minimum Gasteiger partial charge on any atom is -0.491 e. The zero-order chi connectivity index (χ0) is 21.0. The quantitative estimate of drug-likeness (QED) is 0.665. The van der Waals surface area contributed by atoms with Crippen molar-refractivity contribution in [3.05, 3.63) is 58.6 Å². The fourth-order valence-electron chi connectivity index (χ4n) is 3.23. The number of amides is 1. The van der Waals surface area contributed by atoms with Gasteiger partial charge in [-0.15, -0.1) is 0 Å². The van der Waals surface area contributed by atoms with E-state index in [2.05, 4.69) is 0 Å². The van der Waals surface area contributed by atoms with E-state index in [9.17, 15) is 13.2 Å². The van der Waals surface area contributed by atoms with Gasteiger partial charge < -0.3 is 9.64 Å². The zero-order valence-corrected chi connectivity index (χ0v) is 18.2. The standard InChI is InChI=1S/C21H25ClN2O4S/c1-16-7-3-4-8-19(16)28-14-13-23(2)21(25)17-9-10-18(22)20(15-17)29(26,27)24-11-5-6-12-24/h3-4,7-10,15H,5-6,11-14H2,1-2H3. The second-order valence-electron chi connectivity index (χ2n) is 7.10. The predicted octanol–water partition coefficient (Wildman–Crippen LogP) is 3.58. The molecule has 0 bridgehead atoms. The number of rotatable bonds is 7. The molecule has 2 aromatic rings. The number of halogens is 1. The number of benzene rings is 2. The summed E-state index contributed by atoms with van der Waals surface area (Å²) in [5, 5.41) is 0.124. The van der Waals surface area contributed by atoms with E-state index in [1.54, 1.807) is 13.1 Å². The van der Waals surface area contributed by atoms with Gasteiger partial charge in [-0.25, -0.2) is 8.42 Å². The Labute approximate surface area is 177 Å². The van der Waals surface area contributed by atoms with Crippen LogP contribution in [0.15, 0.2) is 47.4 Å². The van der Waals surface area contributed by atoms with Gasteiger partial charge in [-0.05, 0) is 49.6 Å². The van der Waals surface area contributed by atoms with E-state index in [0.29, 0.717) is 26.2 Å². The molecule has 1 fully saturated rings. The lowest BCUT2D eigenvalue weighted by Crippen LogP contribution is -2.31. The van der Waals surface area contributed by atoms with Crippen molar-refractivity contribution >= 4 is 27.5 Å². The van der Waals surface area contributed by atoms with Gasteiger partial charge in [-0.1, -0.05) is 29.8 Å². The summed E-state index contributed by atoms with van der Waals surface area (Å²) in [7, 11) is -2.04. The van der Waals surface area contributed by atoms with Gasteiger partial charge in [0.2, 0.25) is 10.0 Å². The summed E-state index contributed by atoms with van der Waals surface area (Å²) in [6.07, 6.45) is 1.66. The van der Waals surface area contributed by atoms with Crippen LogP contribution in [0, 0.1) is 6.92 Å². The SMILES string of the molecule is Cc1ccccc1OCCN(C)C(=O)c1ccc(Cl)c(S(=O)(=O)N2CCCC2)c1. The van der Waals surface area contributed by atoms with Gasteiger partial charge in [0.25, 0.3) is 5.91 Å². The van der Waals surface area contributed by atoms with Gasteiger partial charge in [-0.2, -0.15) is 4.31 Å². The van der Waals surface area contributed by atoms with Crippen molar-refractivity contribution in [2.24, 2.45) is 0 Å². The fraction of sp³-hybridized carbons (Fsp3) is 0.381. The van der Waals surface area contributed by atoms with Crippen molar-refractivity contribution in [2.75, 3.05) is 33.3 Å². The first-order valence-corrected chi connectivity index (χ1v) is 11.4. The highest BCUT2D eigenvalue weighted by atomic mass is 35.5. The minimum absolute atomic E-state index is 0.0172. The molecule has 3 rings (SSSR count). The summed E-state index contributed by atoms with van der Waals surface area (Å²) >= 11 is 6.16. The monoisotopic (exact) mass is 436 g/mol. The van der Waals surface area contributed by atoms with E-state index in [4.69, 9.17) is 16.3 Å². The van der Waals surface area contributed by atoms with Crippen LogP contribution in [0.25, 0.3) is 0 Å². The molecule has 0 aromatic heterocycles. The predicted molar refractivity (Wildman–Crippen MR) is 113 cm³/mol. The van der Waals surface area contributed by atoms with Crippen LogP contribution in [-0.4, -0.2) is 56.8 Å². The summed E-state index contributed by atoms with van der Waals surface area (Å²) in [6, 6.07) is 12.1. The Morgan fingerprint density at radius 1 is 1.17 bits per heavy atom. The molecule has 0 saturated carbocycles. The smallest absolute Gasteiger partial charge is 0.253 e. The topological polar surface area (TPSA) is 66.9 Å². The van der Waals surface area contributed by atoms with Gasteiger partial charge in [-0.3, -0.25) is 4.79 Å². The molecule has 29 heavy (non-hydrogen) atoms. The molecule has 0 unspecified atom stereocenters. The second kappa shape index (κ2) is 9.15. The summed E-state index contributed by atoms with van der Waals surface area (Å²) in [5.41, 5.74) is 1.31. The average Bonchev–Trinajstić information content (AvgIpc) is 3.25. The number of sulfonamides is 1. The molecule has 0 radical (unpaired) electrons. The lowest BCUT2D eigenvalue weighted by atomic mass is 10.2. The molecular weight excluding hydrogens is 412 g/mol. The Morgan fingerprint density at radius 3 is 2.55 bits per heavy atom. The van der Waals surface area contributed by atoms with Crippen LogP contribution in [0.4, 0.5) is 0 Å². The summed E-state index contributed by atoms with van der Waals surface area (Å²) in [6.45, 7) is 3.61. The third kappa shape index (κ3) is 4.91. The molecular formula is C21H25ClN2O4S. The third-order valence-electron chi connectivity index (χ3n) is 4.99. The normalized spacial score (nSPS) is 14.7. The molecule has 0 aliphatic carbocycles. The van der Waals surface area contributed by atoms with Crippen molar-refractivity contribution in [1.82, 2.24) is 9.21 Å². The van der Waals surface area contributed by atoms with Crippen LogP contribution < -0.4 is 4.74 Å². The van der Waals surface area contributed by atoms with Gasteiger partial charge in [0.05, 0.1) is 11.6 Å². The van der Waals surface area contributed by atoms with Crippen LogP contribution in [0.1, 0.15) is 28.8 Å². The summed E-state index contributed by atoms with van der Waals surface area (Å²) < 4.78 is 32.9. The number of hydrogen-bond donors (Lipinski definition) is 0. The van der Waals surface area contributed by atoms with Crippen LogP contribution in [0.3, 0.4) is 0 Å². The molecule has 156 valence electrons.